The van der Waals surface area contributed by atoms with E-state index in [1.165, 1.54) is 10.5 Å². The molecular weight excluding hydrogens is 386 g/mol. The van der Waals surface area contributed by atoms with Crippen LogP contribution in [0, 0.1) is 0 Å². The molecule has 1 aliphatic heterocycles. The summed E-state index contributed by atoms with van der Waals surface area (Å²) in [6.07, 6.45) is 0.778. The summed E-state index contributed by atoms with van der Waals surface area (Å²) in [6.45, 7) is 4.13. The van der Waals surface area contributed by atoms with Crippen LogP contribution < -0.4 is 15.1 Å². The van der Waals surface area contributed by atoms with E-state index in [-0.39, 0.29) is 17.7 Å². The van der Waals surface area contributed by atoms with Crippen LogP contribution in [0.4, 0.5) is 5.69 Å². The third-order valence-corrected chi connectivity index (χ3v) is 5.92. The number of nitrogens with one attached hydrogen (secondary N) is 2. The maximum atomic E-state index is 12.9. The Morgan fingerprint density at radius 3 is 2.16 bits per heavy atom. The molecule has 0 saturated carbocycles. The number of rotatable bonds is 7. The van der Waals surface area contributed by atoms with Gasteiger partial charge in [-0.15, -0.1) is 0 Å². The van der Waals surface area contributed by atoms with Crippen molar-refractivity contribution in [2.75, 3.05) is 37.6 Å². The first-order valence-corrected chi connectivity index (χ1v) is 10.9. The normalized spacial score (nSPS) is 15.4. The minimum atomic E-state index is -0.0335. The Bertz CT molecular complexity index is 953. The van der Waals surface area contributed by atoms with E-state index in [0.29, 0.717) is 6.54 Å². The molecule has 5 heteroatoms. The number of phenolic OH excluding ortho intramolecular Hbond substituents is 1. The van der Waals surface area contributed by atoms with Crippen LogP contribution in [0.3, 0.4) is 0 Å². The second kappa shape index (κ2) is 10.1. The van der Waals surface area contributed by atoms with Crippen LogP contribution in [0.1, 0.15) is 17.2 Å². The van der Waals surface area contributed by atoms with E-state index in [9.17, 15) is 9.90 Å². The lowest BCUT2D eigenvalue weighted by molar-refractivity contribution is -0.892. The summed E-state index contributed by atoms with van der Waals surface area (Å²) in [6, 6.07) is 27.8. The molecule has 4 rings (SSSR count). The fraction of sp³-hybridized carbons (Fsp3) is 0.269. The predicted octanol–water partition coefficient (Wildman–Crippen LogP) is 2.20. The summed E-state index contributed by atoms with van der Waals surface area (Å²) in [7, 11) is 0. The van der Waals surface area contributed by atoms with E-state index < -0.39 is 0 Å². The second-order valence-electron chi connectivity index (χ2n) is 8.15. The van der Waals surface area contributed by atoms with Gasteiger partial charge in [0.05, 0.1) is 32.2 Å². The van der Waals surface area contributed by atoms with Crippen molar-refractivity contribution in [1.29, 1.82) is 0 Å². The summed E-state index contributed by atoms with van der Waals surface area (Å²) in [5.74, 6) is 0.381. The molecule has 5 nitrogen and oxygen atoms in total. The number of hydrogen-bond donors (Lipinski definition) is 3. The fourth-order valence-corrected chi connectivity index (χ4v) is 4.18. The number of aromatic hydroxyl groups is 1. The number of nitrogens with zero attached hydrogens (tertiary/aromatic N) is 1. The van der Waals surface area contributed by atoms with Crippen LogP contribution in [0.15, 0.2) is 84.9 Å². The molecule has 3 aromatic rings. The van der Waals surface area contributed by atoms with Gasteiger partial charge in [0.1, 0.15) is 5.75 Å². The van der Waals surface area contributed by atoms with Crippen LogP contribution in [0.25, 0.3) is 0 Å². The summed E-state index contributed by atoms with van der Waals surface area (Å²) in [5, 5.41) is 12.8. The van der Waals surface area contributed by atoms with E-state index in [0.717, 1.165) is 43.9 Å². The molecule has 0 unspecified atom stereocenters. The standard InChI is InChI=1S/C26H29N3O2/c30-24-13-11-23(12-14-24)29-17-15-28(16-18-29)20-26(31)27-25(22-9-5-2-6-10-22)19-21-7-3-1-4-8-21/h1-14,25,30H,15-20H2,(H,27,31)/p+1/t25-/m1/s1. The van der Waals surface area contributed by atoms with Crippen molar-refractivity contribution in [3.05, 3.63) is 96.1 Å². The van der Waals surface area contributed by atoms with Gasteiger partial charge in [-0.25, -0.2) is 0 Å². The first-order chi connectivity index (χ1) is 15.2. The highest BCUT2D eigenvalue weighted by Gasteiger charge is 2.24. The molecule has 3 N–H and O–H groups in total. The maximum absolute atomic E-state index is 12.9. The largest absolute Gasteiger partial charge is 0.508 e. The molecule has 1 aliphatic rings. The van der Waals surface area contributed by atoms with E-state index in [2.05, 4.69) is 34.5 Å². The van der Waals surface area contributed by atoms with Gasteiger partial charge in [-0.3, -0.25) is 4.79 Å². The van der Waals surface area contributed by atoms with Crippen molar-refractivity contribution in [2.24, 2.45) is 0 Å². The second-order valence-corrected chi connectivity index (χ2v) is 8.15. The highest BCUT2D eigenvalue weighted by molar-refractivity contribution is 5.77. The van der Waals surface area contributed by atoms with Gasteiger partial charge >= 0.3 is 0 Å². The zero-order valence-electron chi connectivity index (χ0n) is 17.7. The number of carbonyl (C=O) groups excluding carboxylic acids is 1. The van der Waals surface area contributed by atoms with Crippen LogP contribution in [0.5, 0.6) is 5.75 Å². The molecule has 1 atom stereocenters. The van der Waals surface area contributed by atoms with E-state index >= 15 is 0 Å². The lowest BCUT2D eigenvalue weighted by atomic mass is 9.99. The minimum absolute atomic E-state index is 0.0335. The molecular formula is C26H30N3O2+. The SMILES string of the molecule is O=C(C[NH+]1CCN(c2ccc(O)cc2)CC1)N[C@H](Cc1ccccc1)c1ccccc1. The predicted molar refractivity (Wildman–Crippen MR) is 123 cm³/mol. The van der Waals surface area contributed by atoms with Crippen molar-refractivity contribution in [3.63, 3.8) is 0 Å². The summed E-state index contributed by atoms with van der Waals surface area (Å²) in [5.41, 5.74) is 3.46. The molecule has 0 spiro atoms. The third-order valence-electron chi connectivity index (χ3n) is 5.92. The zero-order valence-corrected chi connectivity index (χ0v) is 17.7. The van der Waals surface area contributed by atoms with Crippen molar-refractivity contribution < 1.29 is 14.8 Å². The molecule has 160 valence electrons. The molecule has 0 bridgehead atoms. The fourth-order valence-electron chi connectivity index (χ4n) is 4.18. The van der Waals surface area contributed by atoms with Crippen molar-refractivity contribution in [1.82, 2.24) is 5.32 Å². The van der Waals surface area contributed by atoms with Gasteiger partial charge in [-0.2, -0.15) is 0 Å². The van der Waals surface area contributed by atoms with Gasteiger partial charge in [0.25, 0.3) is 5.91 Å². The van der Waals surface area contributed by atoms with Gasteiger partial charge in [-0.1, -0.05) is 60.7 Å². The molecule has 1 fully saturated rings. The van der Waals surface area contributed by atoms with Crippen LogP contribution >= 0.6 is 0 Å². The quantitative estimate of drug-likeness (QED) is 0.554. The van der Waals surface area contributed by atoms with Gasteiger partial charge in [0, 0.05) is 5.69 Å². The number of hydrogen-bond acceptors (Lipinski definition) is 3. The van der Waals surface area contributed by atoms with E-state index in [1.807, 2.05) is 48.5 Å². The number of benzene rings is 3. The number of amides is 1. The van der Waals surface area contributed by atoms with Crippen LogP contribution in [0.2, 0.25) is 0 Å². The van der Waals surface area contributed by atoms with Gasteiger partial charge in [0.15, 0.2) is 6.54 Å². The Morgan fingerprint density at radius 1 is 0.903 bits per heavy atom. The number of piperazine rings is 1. The molecule has 1 heterocycles. The Labute approximate surface area is 183 Å². The Kier molecular flexibility index (Phi) is 6.85. The van der Waals surface area contributed by atoms with Crippen LogP contribution in [-0.4, -0.2) is 43.7 Å². The van der Waals surface area contributed by atoms with Crippen molar-refractivity contribution >= 4 is 11.6 Å². The molecule has 0 radical (unpaired) electrons. The number of anilines is 1. The molecule has 1 amide bonds. The molecule has 3 aromatic carbocycles. The number of carbonyl (C=O) groups is 1. The highest BCUT2D eigenvalue weighted by Crippen LogP contribution is 2.19. The Balaban J connectivity index is 1.33. The third kappa shape index (κ3) is 5.86. The topological polar surface area (TPSA) is 57.0 Å². The summed E-state index contributed by atoms with van der Waals surface area (Å²) < 4.78 is 0. The first kappa shape index (κ1) is 20.9. The smallest absolute Gasteiger partial charge is 0.275 e. The highest BCUT2D eigenvalue weighted by atomic mass is 16.3. The van der Waals surface area contributed by atoms with E-state index in [1.54, 1.807) is 12.1 Å². The molecule has 1 saturated heterocycles. The van der Waals surface area contributed by atoms with Crippen molar-refractivity contribution in [2.45, 2.75) is 12.5 Å². The summed E-state index contributed by atoms with van der Waals surface area (Å²) in [4.78, 5) is 16.5. The Morgan fingerprint density at radius 2 is 1.52 bits per heavy atom. The Hall–Kier alpha value is -3.31. The molecule has 0 aromatic heterocycles. The van der Waals surface area contributed by atoms with Crippen LogP contribution in [-0.2, 0) is 11.2 Å². The van der Waals surface area contributed by atoms with Gasteiger partial charge < -0.3 is 20.2 Å². The number of phenols is 1. The minimum Gasteiger partial charge on any atom is -0.508 e. The summed E-state index contributed by atoms with van der Waals surface area (Å²) >= 11 is 0. The first-order valence-electron chi connectivity index (χ1n) is 10.9. The lowest BCUT2D eigenvalue weighted by Gasteiger charge is -2.33. The van der Waals surface area contributed by atoms with Crippen molar-refractivity contribution in [3.8, 4) is 5.75 Å². The zero-order chi connectivity index (χ0) is 21.5. The monoisotopic (exact) mass is 416 g/mol. The number of quaternary nitrogens is 1. The maximum Gasteiger partial charge on any atom is 0.275 e. The van der Waals surface area contributed by atoms with E-state index in [4.69, 9.17) is 0 Å². The molecule has 31 heavy (non-hydrogen) atoms. The lowest BCUT2D eigenvalue weighted by Crippen LogP contribution is -3.16. The van der Waals surface area contributed by atoms with Gasteiger partial charge in [0.2, 0.25) is 0 Å². The van der Waals surface area contributed by atoms with Gasteiger partial charge in [-0.05, 0) is 41.8 Å². The molecule has 0 aliphatic carbocycles. The average Bonchev–Trinajstić information content (AvgIpc) is 2.81. The average molecular weight is 417 g/mol.